The van der Waals surface area contributed by atoms with Crippen LogP contribution in [-0.2, 0) is 0 Å². The number of likely N-dealkylation sites (tertiary alicyclic amines) is 1. The summed E-state index contributed by atoms with van der Waals surface area (Å²) < 4.78 is 0. The zero-order valence-corrected chi connectivity index (χ0v) is 9.50. The van der Waals surface area contributed by atoms with Crippen LogP contribution in [-0.4, -0.2) is 48.3 Å². The molecule has 0 radical (unpaired) electrons. The van der Waals surface area contributed by atoms with Crippen LogP contribution >= 0.6 is 0 Å². The van der Waals surface area contributed by atoms with Crippen molar-refractivity contribution in [2.24, 2.45) is 0 Å². The molecular formula is C11H24N2O. The van der Waals surface area contributed by atoms with Gasteiger partial charge in [-0.25, -0.2) is 0 Å². The van der Waals surface area contributed by atoms with Crippen molar-refractivity contribution in [1.82, 2.24) is 10.2 Å². The summed E-state index contributed by atoms with van der Waals surface area (Å²) in [6.45, 7) is 8.30. The molecule has 1 rings (SSSR count). The average molecular weight is 200 g/mol. The highest BCUT2D eigenvalue weighted by atomic mass is 16.3. The molecule has 1 saturated heterocycles. The Morgan fingerprint density at radius 1 is 1.43 bits per heavy atom. The van der Waals surface area contributed by atoms with Crippen molar-refractivity contribution in [2.75, 3.05) is 26.2 Å². The molecule has 1 atom stereocenters. The molecule has 14 heavy (non-hydrogen) atoms. The smallest absolute Gasteiger partial charge is 0.0445 e. The predicted octanol–water partition coefficient (Wildman–Crippen LogP) is 0.831. The molecule has 0 aromatic heterocycles. The number of hydrogen-bond acceptors (Lipinski definition) is 3. The molecule has 84 valence electrons. The van der Waals surface area contributed by atoms with Gasteiger partial charge in [0.2, 0.25) is 0 Å². The maximum absolute atomic E-state index is 8.80. The second-order valence-electron chi connectivity index (χ2n) is 4.29. The summed E-state index contributed by atoms with van der Waals surface area (Å²) in [6.07, 6.45) is 3.38. The van der Waals surface area contributed by atoms with Crippen molar-refractivity contribution in [3.05, 3.63) is 0 Å². The minimum absolute atomic E-state index is 0.294. The maximum atomic E-state index is 8.80. The third-order valence-electron chi connectivity index (χ3n) is 3.12. The molecule has 2 N–H and O–H groups in total. The van der Waals surface area contributed by atoms with Gasteiger partial charge in [-0.2, -0.15) is 0 Å². The molecule has 1 fully saturated rings. The lowest BCUT2D eigenvalue weighted by Gasteiger charge is -2.33. The van der Waals surface area contributed by atoms with Crippen molar-refractivity contribution < 1.29 is 5.11 Å². The highest BCUT2D eigenvalue weighted by molar-refractivity contribution is 4.78. The lowest BCUT2D eigenvalue weighted by molar-refractivity contribution is 0.192. The van der Waals surface area contributed by atoms with Crippen LogP contribution in [0.4, 0.5) is 0 Å². The van der Waals surface area contributed by atoms with E-state index >= 15 is 0 Å². The quantitative estimate of drug-likeness (QED) is 0.690. The molecule has 3 heteroatoms. The van der Waals surface area contributed by atoms with Gasteiger partial charge >= 0.3 is 0 Å². The zero-order valence-electron chi connectivity index (χ0n) is 9.50. The molecule has 1 aliphatic rings. The zero-order chi connectivity index (χ0) is 10.4. The first-order chi connectivity index (χ1) is 6.76. The van der Waals surface area contributed by atoms with Crippen LogP contribution in [0.25, 0.3) is 0 Å². The van der Waals surface area contributed by atoms with E-state index in [9.17, 15) is 0 Å². The van der Waals surface area contributed by atoms with Gasteiger partial charge in [0.25, 0.3) is 0 Å². The van der Waals surface area contributed by atoms with E-state index in [4.69, 9.17) is 5.11 Å². The van der Waals surface area contributed by atoms with Crippen LogP contribution in [0.2, 0.25) is 0 Å². The van der Waals surface area contributed by atoms with Gasteiger partial charge in [0, 0.05) is 18.7 Å². The van der Waals surface area contributed by atoms with Crippen LogP contribution in [0, 0.1) is 0 Å². The Labute approximate surface area is 87.5 Å². The molecule has 3 nitrogen and oxygen atoms in total. The Bertz CT molecular complexity index is 144. The second-order valence-corrected chi connectivity index (χ2v) is 4.29. The molecule has 0 aromatic rings. The average Bonchev–Trinajstić information content (AvgIpc) is 2.19. The Morgan fingerprint density at radius 3 is 2.57 bits per heavy atom. The highest BCUT2D eigenvalue weighted by Gasteiger charge is 2.18. The summed E-state index contributed by atoms with van der Waals surface area (Å²) in [7, 11) is 0. The Hall–Kier alpha value is -0.120. The molecule has 0 aliphatic carbocycles. The molecule has 1 unspecified atom stereocenters. The van der Waals surface area contributed by atoms with E-state index in [2.05, 4.69) is 24.1 Å². The Balaban J connectivity index is 2.15. The summed E-state index contributed by atoms with van der Waals surface area (Å²) >= 11 is 0. The van der Waals surface area contributed by atoms with Crippen molar-refractivity contribution in [1.29, 1.82) is 0 Å². The third kappa shape index (κ3) is 3.95. The summed E-state index contributed by atoms with van der Waals surface area (Å²) in [5.41, 5.74) is 0. The van der Waals surface area contributed by atoms with Gasteiger partial charge in [-0.3, -0.25) is 0 Å². The van der Waals surface area contributed by atoms with E-state index in [-0.39, 0.29) is 0 Å². The lowest BCUT2D eigenvalue weighted by atomic mass is 10.0. The van der Waals surface area contributed by atoms with Gasteiger partial charge in [0.1, 0.15) is 0 Å². The van der Waals surface area contributed by atoms with E-state index in [1.54, 1.807) is 0 Å². The van der Waals surface area contributed by atoms with Crippen LogP contribution < -0.4 is 5.32 Å². The first-order valence-electron chi connectivity index (χ1n) is 5.85. The van der Waals surface area contributed by atoms with Crippen LogP contribution in [0.1, 0.15) is 33.1 Å². The van der Waals surface area contributed by atoms with Crippen LogP contribution in [0.5, 0.6) is 0 Å². The SMILES string of the molecule is CCN1CCC(NC(C)CCO)CC1. The predicted molar refractivity (Wildman–Crippen MR) is 59.4 cm³/mol. The van der Waals surface area contributed by atoms with Crippen molar-refractivity contribution in [3.63, 3.8) is 0 Å². The van der Waals surface area contributed by atoms with Gasteiger partial charge in [0.05, 0.1) is 0 Å². The topological polar surface area (TPSA) is 35.5 Å². The number of rotatable bonds is 5. The monoisotopic (exact) mass is 200 g/mol. The van der Waals surface area contributed by atoms with Crippen LogP contribution in [0.15, 0.2) is 0 Å². The standard InChI is InChI=1S/C11H24N2O/c1-3-13-7-4-11(5-8-13)12-10(2)6-9-14/h10-12,14H,3-9H2,1-2H3. The molecular weight excluding hydrogens is 176 g/mol. The number of aliphatic hydroxyl groups is 1. The van der Waals surface area contributed by atoms with E-state index in [1.807, 2.05) is 0 Å². The number of nitrogens with zero attached hydrogens (tertiary/aromatic N) is 1. The summed E-state index contributed by atoms with van der Waals surface area (Å²) in [5, 5.41) is 12.4. The number of aliphatic hydroxyl groups excluding tert-OH is 1. The van der Waals surface area contributed by atoms with Gasteiger partial charge in [0.15, 0.2) is 0 Å². The van der Waals surface area contributed by atoms with E-state index in [0.29, 0.717) is 18.7 Å². The van der Waals surface area contributed by atoms with Gasteiger partial charge in [-0.15, -0.1) is 0 Å². The molecule has 0 aromatic carbocycles. The van der Waals surface area contributed by atoms with Crippen molar-refractivity contribution in [2.45, 2.75) is 45.2 Å². The van der Waals surface area contributed by atoms with Crippen molar-refractivity contribution in [3.8, 4) is 0 Å². The minimum atomic E-state index is 0.294. The molecule has 1 heterocycles. The fourth-order valence-electron chi connectivity index (χ4n) is 2.10. The fraction of sp³-hybridized carbons (Fsp3) is 1.00. The molecule has 0 amide bonds. The largest absolute Gasteiger partial charge is 0.396 e. The van der Waals surface area contributed by atoms with E-state index in [0.717, 1.165) is 6.42 Å². The summed E-state index contributed by atoms with van der Waals surface area (Å²) in [5.74, 6) is 0. The van der Waals surface area contributed by atoms with Gasteiger partial charge in [-0.1, -0.05) is 6.92 Å². The summed E-state index contributed by atoms with van der Waals surface area (Å²) in [6, 6.07) is 1.12. The first kappa shape index (κ1) is 12.0. The third-order valence-corrected chi connectivity index (χ3v) is 3.12. The van der Waals surface area contributed by atoms with Gasteiger partial charge in [-0.05, 0) is 45.8 Å². The highest BCUT2D eigenvalue weighted by Crippen LogP contribution is 2.10. The minimum Gasteiger partial charge on any atom is -0.396 e. The second kappa shape index (κ2) is 6.38. The fourth-order valence-corrected chi connectivity index (χ4v) is 2.10. The number of hydrogen-bond donors (Lipinski definition) is 2. The van der Waals surface area contributed by atoms with E-state index < -0.39 is 0 Å². The number of piperidine rings is 1. The normalized spacial score (nSPS) is 22.5. The maximum Gasteiger partial charge on any atom is 0.0445 e. The van der Waals surface area contributed by atoms with E-state index in [1.165, 1.54) is 32.5 Å². The first-order valence-corrected chi connectivity index (χ1v) is 5.85. The molecule has 0 saturated carbocycles. The lowest BCUT2D eigenvalue weighted by Crippen LogP contribution is -2.45. The van der Waals surface area contributed by atoms with Crippen molar-refractivity contribution >= 4 is 0 Å². The number of nitrogens with one attached hydrogen (secondary N) is 1. The Kier molecular flexibility index (Phi) is 5.45. The van der Waals surface area contributed by atoms with Gasteiger partial charge < -0.3 is 15.3 Å². The molecule has 1 aliphatic heterocycles. The molecule has 0 spiro atoms. The molecule has 0 bridgehead atoms. The summed E-state index contributed by atoms with van der Waals surface area (Å²) in [4.78, 5) is 2.49. The van der Waals surface area contributed by atoms with Crippen LogP contribution in [0.3, 0.4) is 0 Å². The Morgan fingerprint density at radius 2 is 2.07 bits per heavy atom.